The van der Waals surface area contributed by atoms with E-state index in [0.29, 0.717) is 31.6 Å². The van der Waals surface area contributed by atoms with Gasteiger partial charge in [-0.15, -0.1) is 0 Å². The zero-order chi connectivity index (χ0) is 18.8. The molecule has 1 aromatic rings. The first-order valence-electron chi connectivity index (χ1n) is 9.34. The fourth-order valence-electron chi connectivity index (χ4n) is 3.93. The van der Waals surface area contributed by atoms with E-state index in [1.165, 1.54) is 0 Å². The quantitative estimate of drug-likeness (QED) is 0.821. The molecule has 1 amide bonds. The van der Waals surface area contributed by atoms with E-state index in [0.717, 1.165) is 38.0 Å². The molecule has 1 saturated heterocycles. The smallest absolute Gasteiger partial charge is 0.356 e. The van der Waals surface area contributed by atoms with Crippen LogP contribution in [0.15, 0.2) is 0 Å². The minimum absolute atomic E-state index is 0.0811. The Morgan fingerprint density at radius 2 is 2.04 bits per heavy atom. The van der Waals surface area contributed by atoms with Gasteiger partial charge in [0.05, 0.1) is 12.6 Å². The molecule has 0 radical (unpaired) electrons. The molecule has 8 heteroatoms. The summed E-state index contributed by atoms with van der Waals surface area (Å²) in [5, 5.41) is 13.9. The summed E-state index contributed by atoms with van der Waals surface area (Å²) < 4.78 is 1.81. The van der Waals surface area contributed by atoms with Crippen LogP contribution >= 0.6 is 0 Å². The van der Waals surface area contributed by atoms with Crippen LogP contribution in [0.3, 0.4) is 0 Å². The molecule has 144 valence electrons. The van der Waals surface area contributed by atoms with Crippen LogP contribution in [-0.2, 0) is 24.3 Å². The SMILES string of the molecule is CN(C)CCn1nc(C(=O)O)c2c1CCN(C(=O)C1CCCCN1C)C2. The van der Waals surface area contributed by atoms with E-state index in [1.807, 2.05) is 35.6 Å². The molecule has 0 spiro atoms. The average molecular weight is 363 g/mol. The second-order valence-electron chi connectivity index (χ2n) is 7.61. The summed E-state index contributed by atoms with van der Waals surface area (Å²) in [6.07, 6.45) is 3.74. The number of aromatic nitrogens is 2. The monoisotopic (exact) mass is 363 g/mol. The van der Waals surface area contributed by atoms with Gasteiger partial charge in [0.15, 0.2) is 5.69 Å². The average Bonchev–Trinajstić information content (AvgIpc) is 2.98. The van der Waals surface area contributed by atoms with E-state index in [1.54, 1.807) is 0 Å². The molecule has 0 aliphatic carbocycles. The fourth-order valence-corrected chi connectivity index (χ4v) is 3.93. The van der Waals surface area contributed by atoms with Gasteiger partial charge in [0.2, 0.25) is 5.91 Å². The highest BCUT2D eigenvalue weighted by Crippen LogP contribution is 2.25. The number of hydrogen-bond acceptors (Lipinski definition) is 5. The maximum Gasteiger partial charge on any atom is 0.356 e. The number of carboxylic acid groups (broad SMARTS) is 1. The number of rotatable bonds is 5. The standard InChI is InChI=1S/C18H29N5O3/c1-20(2)10-11-23-14-7-9-22(12-13(14)16(19-23)18(25)26)17(24)15-6-4-5-8-21(15)3/h15H,4-12H2,1-3H3,(H,25,26). The predicted molar refractivity (Wildman–Crippen MR) is 97.1 cm³/mol. The van der Waals surface area contributed by atoms with E-state index in [2.05, 4.69) is 10.00 Å². The number of hydrogen-bond donors (Lipinski definition) is 1. The number of carbonyl (C=O) groups excluding carboxylic acids is 1. The topological polar surface area (TPSA) is 81.9 Å². The van der Waals surface area contributed by atoms with Crippen molar-refractivity contribution >= 4 is 11.9 Å². The number of fused-ring (bicyclic) bond motifs is 1. The van der Waals surface area contributed by atoms with Crippen molar-refractivity contribution < 1.29 is 14.7 Å². The Hall–Kier alpha value is -1.93. The van der Waals surface area contributed by atoms with Crippen LogP contribution in [0, 0.1) is 0 Å². The lowest BCUT2D eigenvalue weighted by Crippen LogP contribution is -2.50. The third-order valence-electron chi connectivity index (χ3n) is 5.46. The lowest BCUT2D eigenvalue weighted by molar-refractivity contribution is -0.138. The van der Waals surface area contributed by atoms with Gasteiger partial charge in [0.25, 0.3) is 0 Å². The van der Waals surface area contributed by atoms with Crippen molar-refractivity contribution in [2.24, 2.45) is 0 Å². The van der Waals surface area contributed by atoms with Gasteiger partial charge in [-0.1, -0.05) is 6.42 Å². The second-order valence-corrected chi connectivity index (χ2v) is 7.61. The van der Waals surface area contributed by atoms with Crippen LogP contribution in [0.1, 0.15) is 41.0 Å². The van der Waals surface area contributed by atoms with E-state index in [9.17, 15) is 14.7 Å². The molecule has 3 rings (SSSR count). The molecule has 1 aromatic heterocycles. The predicted octanol–water partition coefficient (Wildman–Crippen LogP) is 0.512. The van der Waals surface area contributed by atoms with Crippen LogP contribution in [-0.4, -0.2) is 88.3 Å². The highest BCUT2D eigenvalue weighted by atomic mass is 16.4. The largest absolute Gasteiger partial charge is 0.476 e. The van der Waals surface area contributed by atoms with Crippen LogP contribution in [0.4, 0.5) is 0 Å². The third-order valence-corrected chi connectivity index (χ3v) is 5.46. The molecular weight excluding hydrogens is 334 g/mol. The molecule has 1 unspecified atom stereocenters. The van der Waals surface area contributed by atoms with Crippen molar-refractivity contribution in [1.82, 2.24) is 24.5 Å². The molecule has 3 heterocycles. The first-order chi connectivity index (χ1) is 12.4. The molecule has 8 nitrogen and oxygen atoms in total. The van der Waals surface area contributed by atoms with Gasteiger partial charge in [-0.05, 0) is 40.5 Å². The Balaban J connectivity index is 1.80. The van der Waals surface area contributed by atoms with Crippen LogP contribution in [0.2, 0.25) is 0 Å². The van der Waals surface area contributed by atoms with Gasteiger partial charge < -0.3 is 14.9 Å². The molecule has 1 N–H and O–H groups in total. The summed E-state index contributed by atoms with van der Waals surface area (Å²) in [6.45, 7) is 3.37. The molecule has 2 aliphatic rings. The Bertz CT molecular complexity index is 685. The number of likely N-dealkylation sites (N-methyl/N-ethyl adjacent to an activating group) is 2. The van der Waals surface area contributed by atoms with Gasteiger partial charge >= 0.3 is 5.97 Å². The van der Waals surface area contributed by atoms with Gasteiger partial charge in [-0.2, -0.15) is 5.10 Å². The van der Waals surface area contributed by atoms with E-state index < -0.39 is 5.97 Å². The van der Waals surface area contributed by atoms with Crippen molar-refractivity contribution in [2.75, 3.05) is 40.8 Å². The number of carbonyl (C=O) groups is 2. The van der Waals surface area contributed by atoms with Crippen LogP contribution < -0.4 is 0 Å². The maximum absolute atomic E-state index is 13.0. The number of aromatic carboxylic acids is 1. The summed E-state index contributed by atoms with van der Waals surface area (Å²) in [6, 6.07) is -0.0811. The molecule has 1 atom stereocenters. The molecule has 0 bridgehead atoms. The Kier molecular flexibility index (Phi) is 5.62. The first kappa shape index (κ1) is 18.8. The summed E-state index contributed by atoms with van der Waals surface area (Å²) in [5.41, 5.74) is 1.76. The second kappa shape index (κ2) is 7.75. The normalized spacial score (nSPS) is 21.1. The molecular formula is C18H29N5O3. The summed E-state index contributed by atoms with van der Waals surface area (Å²) in [4.78, 5) is 30.6. The Morgan fingerprint density at radius 1 is 1.27 bits per heavy atom. The van der Waals surface area contributed by atoms with Crippen LogP contribution in [0.25, 0.3) is 0 Å². The molecule has 2 aliphatic heterocycles. The van der Waals surface area contributed by atoms with Crippen molar-refractivity contribution in [3.63, 3.8) is 0 Å². The first-order valence-corrected chi connectivity index (χ1v) is 9.34. The minimum Gasteiger partial charge on any atom is -0.476 e. The maximum atomic E-state index is 13.0. The van der Waals surface area contributed by atoms with E-state index >= 15 is 0 Å². The zero-order valence-electron chi connectivity index (χ0n) is 15.9. The fraction of sp³-hybridized carbons (Fsp3) is 0.722. The molecule has 1 fully saturated rings. The van der Waals surface area contributed by atoms with Gasteiger partial charge in [0.1, 0.15) is 0 Å². The molecule has 0 aromatic carbocycles. The summed E-state index contributed by atoms with van der Waals surface area (Å²) in [7, 11) is 5.96. The number of nitrogens with zero attached hydrogens (tertiary/aromatic N) is 5. The Labute approximate surface area is 154 Å². The highest BCUT2D eigenvalue weighted by molar-refractivity contribution is 5.88. The molecule has 0 saturated carbocycles. The number of amides is 1. The molecule has 26 heavy (non-hydrogen) atoms. The van der Waals surface area contributed by atoms with Gasteiger partial charge in [0, 0.05) is 37.3 Å². The third kappa shape index (κ3) is 3.76. The van der Waals surface area contributed by atoms with Gasteiger partial charge in [-0.3, -0.25) is 14.4 Å². The highest BCUT2D eigenvalue weighted by Gasteiger charge is 2.34. The van der Waals surface area contributed by atoms with Crippen molar-refractivity contribution in [2.45, 2.75) is 44.8 Å². The lowest BCUT2D eigenvalue weighted by Gasteiger charge is -2.37. The minimum atomic E-state index is -1.02. The van der Waals surface area contributed by atoms with E-state index in [-0.39, 0.29) is 17.6 Å². The zero-order valence-corrected chi connectivity index (χ0v) is 15.9. The summed E-state index contributed by atoms with van der Waals surface area (Å²) >= 11 is 0. The summed E-state index contributed by atoms with van der Waals surface area (Å²) in [5.74, 6) is -0.899. The van der Waals surface area contributed by atoms with Crippen molar-refractivity contribution in [3.05, 3.63) is 17.0 Å². The van der Waals surface area contributed by atoms with Gasteiger partial charge in [-0.25, -0.2) is 4.79 Å². The lowest BCUT2D eigenvalue weighted by atomic mass is 9.99. The number of carboxylic acids is 1. The number of piperidine rings is 1. The number of likely N-dealkylation sites (tertiary alicyclic amines) is 1. The van der Waals surface area contributed by atoms with Crippen LogP contribution in [0.5, 0.6) is 0 Å². The van der Waals surface area contributed by atoms with Crippen molar-refractivity contribution in [3.8, 4) is 0 Å². The Morgan fingerprint density at radius 3 is 2.69 bits per heavy atom. The van der Waals surface area contributed by atoms with E-state index in [4.69, 9.17) is 0 Å². The van der Waals surface area contributed by atoms with Crippen molar-refractivity contribution in [1.29, 1.82) is 0 Å².